The summed E-state index contributed by atoms with van der Waals surface area (Å²) in [6.45, 7) is 4.99. The van der Waals surface area contributed by atoms with Gasteiger partial charge < -0.3 is 10.6 Å². The zero-order valence-electron chi connectivity index (χ0n) is 12.1. The molecule has 0 spiro atoms. The van der Waals surface area contributed by atoms with Crippen molar-refractivity contribution in [3.63, 3.8) is 0 Å². The molecule has 0 amide bonds. The van der Waals surface area contributed by atoms with Gasteiger partial charge in [-0.25, -0.2) is 4.98 Å². The van der Waals surface area contributed by atoms with Gasteiger partial charge in [-0.05, 0) is 31.5 Å². The Labute approximate surface area is 134 Å². The lowest BCUT2D eigenvalue weighted by Crippen LogP contribution is -2.06. The van der Waals surface area contributed by atoms with Crippen molar-refractivity contribution in [1.29, 1.82) is 0 Å². The third kappa shape index (κ3) is 5.06. The Morgan fingerprint density at radius 3 is 2.43 bits per heavy atom. The first-order valence-corrected chi connectivity index (χ1v) is 7.65. The van der Waals surface area contributed by atoms with Crippen LogP contribution in [0.2, 0.25) is 10.0 Å². The fourth-order valence-electron chi connectivity index (χ4n) is 1.86. The first kappa shape index (κ1) is 15.9. The summed E-state index contributed by atoms with van der Waals surface area (Å²) in [5.74, 6) is 1.33. The molecule has 2 rings (SSSR count). The number of hydrogen-bond acceptors (Lipinski definition) is 4. The number of hydrogen-bond donors (Lipinski definition) is 2. The van der Waals surface area contributed by atoms with E-state index in [9.17, 15) is 0 Å². The molecule has 0 bridgehead atoms. The zero-order valence-corrected chi connectivity index (χ0v) is 13.6. The van der Waals surface area contributed by atoms with E-state index in [1.807, 2.05) is 13.0 Å². The highest BCUT2D eigenvalue weighted by Gasteiger charge is 2.04. The first-order chi connectivity index (χ1) is 10.1. The molecule has 0 saturated heterocycles. The van der Waals surface area contributed by atoms with Gasteiger partial charge in [0.2, 0.25) is 5.95 Å². The molecule has 4 nitrogen and oxygen atoms in total. The van der Waals surface area contributed by atoms with Crippen molar-refractivity contribution in [3.05, 3.63) is 40.0 Å². The fourth-order valence-corrected chi connectivity index (χ4v) is 2.39. The summed E-state index contributed by atoms with van der Waals surface area (Å²) in [6.07, 6.45) is 2.25. The number of rotatable bonds is 6. The maximum Gasteiger partial charge on any atom is 0.229 e. The summed E-state index contributed by atoms with van der Waals surface area (Å²) < 4.78 is 0. The molecular formula is C15H18Cl2N4. The highest BCUT2D eigenvalue weighted by atomic mass is 35.5. The second-order valence-electron chi connectivity index (χ2n) is 4.78. The third-order valence-corrected chi connectivity index (χ3v) is 3.25. The van der Waals surface area contributed by atoms with E-state index in [1.54, 1.807) is 18.2 Å². The van der Waals surface area contributed by atoms with Gasteiger partial charge in [0.25, 0.3) is 0 Å². The predicted molar refractivity (Wildman–Crippen MR) is 89.9 cm³/mol. The van der Waals surface area contributed by atoms with Crippen molar-refractivity contribution in [2.45, 2.75) is 26.7 Å². The number of aryl methyl sites for hydroxylation is 1. The van der Waals surface area contributed by atoms with E-state index in [4.69, 9.17) is 23.2 Å². The van der Waals surface area contributed by atoms with Crippen LogP contribution < -0.4 is 10.6 Å². The largest absolute Gasteiger partial charge is 0.370 e. The van der Waals surface area contributed by atoms with Crippen molar-refractivity contribution in [1.82, 2.24) is 9.97 Å². The lowest BCUT2D eigenvalue weighted by molar-refractivity contribution is 0.830. The van der Waals surface area contributed by atoms with E-state index >= 15 is 0 Å². The molecule has 0 aliphatic rings. The molecule has 112 valence electrons. The van der Waals surface area contributed by atoms with Crippen LogP contribution in [0.15, 0.2) is 24.3 Å². The maximum absolute atomic E-state index is 5.99. The lowest BCUT2D eigenvalue weighted by Gasteiger charge is -2.10. The summed E-state index contributed by atoms with van der Waals surface area (Å²) in [4.78, 5) is 8.81. The Morgan fingerprint density at radius 2 is 1.76 bits per heavy atom. The minimum Gasteiger partial charge on any atom is -0.370 e. The number of nitrogens with zero attached hydrogens (tertiary/aromatic N) is 2. The smallest absolute Gasteiger partial charge is 0.229 e. The Kier molecular flexibility index (Phi) is 5.65. The van der Waals surface area contributed by atoms with Crippen LogP contribution in [0, 0.1) is 6.92 Å². The molecule has 0 fully saturated rings. The molecule has 2 aromatic rings. The van der Waals surface area contributed by atoms with E-state index in [2.05, 4.69) is 27.5 Å². The third-order valence-electron chi connectivity index (χ3n) is 2.81. The SMILES string of the molecule is CCCCNc1cc(C)nc(Nc2cc(Cl)cc(Cl)c2)n1. The average molecular weight is 325 g/mol. The van der Waals surface area contributed by atoms with Crippen molar-refractivity contribution in [2.75, 3.05) is 17.2 Å². The number of aromatic nitrogens is 2. The molecule has 0 saturated carbocycles. The van der Waals surface area contributed by atoms with E-state index in [-0.39, 0.29) is 0 Å². The average Bonchev–Trinajstić information content (AvgIpc) is 2.37. The van der Waals surface area contributed by atoms with Gasteiger partial charge in [-0.15, -0.1) is 0 Å². The highest BCUT2D eigenvalue weighted by molar-refractivity contribution is 6.35. The van der Waals surface area contributed by atoms with Crippen LogP contribution in [0.4, 0.5) is 17.5 Å². The van der Waals surface area contributed by atoms with Crippen molar-refractivity contribution in [2.24, 2.45) is 0 Å². The van der Waals surface area contributed by atoms with E-state index in [0.29, 0.717) is 16.0 Å². The monoisotopic (exact) mass is 324 g/mol. The normalized spacial score (nSPS) is 10.5. The molecule has 2 N–H and O–H groups in total. The van der Waals surface area contributed by atoms with Crippen LogP contribution in [0.1, 0.15) is 25.5 Å². The summed E-state index contributed by atoms with van der Waals surface area (Å²) in [5.41, 5.74) is 1.65. The van der Waals surface area contributed by atoms with Crippen LogP contribution >= 0.6 is 23.2 Å². The molecule has 0 atom stereocenters. The molecule has 0 unspecified atom stereocenters. The molecule has 0 aliphatic heterocycles. The van der Waals surface area contributed by atoms with Crippen molar-refractivity contribution in [3.8, 4) is 0 Å². The van der Waals surface area contributed by atoms with E-state index in [0.717, 1.165) is 36.6 Å². The van der Waals surface area contributed by atoms with Crippen molar-refractivity contribution >= 4 is 40.7 Å². The lowest BCUT2D eigenvalue weighted by atomic mass is 10.3. The van der Waals surface area contributed by atoms with Crippen LogP contribution in [0.5, 0.6) is 0 Å². The van der Waals surface area contributed by atoms with Gasteiger partial charge in [-0.3, -0.25) is 0 Å². The topological polar surface area (TPSA) is 49.8 Å². The Bertz CT molecular complexity index is 596. The fraction of sp³-hybridized carbons (Fsp3) is 0.333. The molecular weight excluding hydrogens is 307 g/mol. The molecule has 0 radical (unpaired) electrons. The van der Waals surface area contributed by atoms with Gasteiger partial charge in [0.05, 0.1) is 0 Å². The zero-order chi connectivity index (χ0) is 15.2. The minimum atomic E-state index is 0.521. The van der Waals surface area contributed by atoms with Gasteiger partial charge >= 0.3 is 0 Å². The predicted octanol–water partition coefficient (Wildman–Crippen LogP) is 5.05. The summed E-state index contributed by atoms with van der Waals surface area (Å²) in [6, 6.07) is 7.17. The Morgan fingerprint density at radius 1 is 1.05 bits per heavy atom. The highest BCUT2D eigenvalue weighted by Crippen LogP contribution is 2.24. The second-order valence-corrected chi connectivity index (χ2v) is 5.65. The molecule has 6 heteroatoms. The van der Waals surface area contributed by atoms with Gasteiger partial charge in [-0.2, -0.15) is 4.98 Å². The summed E-state index contributed by atoms with van der Waals surface area (Å²) >= 11 is 12.0. The first-order valence-electron chi connectivity index (χ1n) is 6.89. The summed E-state index contributed by atoms with van der Waals surface area (Å²) in [5, 5.41) is 7.56. The number of anilines is 3. The minimum absolute atomic E-state index is 0.521. The van der Waals surface area contributed by atoms with Crippen LogP contribution in [-0.2, 0) is 0 Å². The number of nitrogens with one attached hydrogen (secondary N) is 2. The maximum atomic E-state index is 5.99. The van der Waals surface area contributed by atoms with Crippen LogP contribution in [0.3, 0.4) is 0 Å². The van der Waals surface area contributed by atoms with E-state index in [1.165, 1.54) is 0 Å². The quantitative estimate of drug-likeness (QED) is 0.730. The Hall–Kier alpha value is -1.52. The Balaban J connectivity index is 2.15. The molecule has 1 aromatic carbocycles. The number of halogens is 2. The number of benzene rings is 1. The standard InChI is InChI=1S/C15H18Cl2N4/c1-3-4-5-18-14-6-10(2)19-15(21-14)20-13-8-11(16)7-12(17)9-13/h6-9H,3-5H2,1-2H3,(H2,18,19,20,21). The van der Waals surface area contributed by atoms with Gasteiger partial charge in [0.15, 0.2) is 0 Å². The molecule has 0 aliphatic carbocycles. The van der Waals surface area contributed by atoms with Crippen LogP contribution in [0.25, 0.3) is 0 Å². The van der Waals surface area contributed by atoms with Gasteiger partial charge in [-0.1, -0.05) is 36.5 Å². The molecule has 21 heavy (non-hydrogen) atoms. The van der Waals surface area contributed by atoms with Crippen LogP contribution in [-0.4, -0.2) is 16.5 Å². The summed E-state index contributed by atoms with van der Waals surface area (Å²) in [7, 11) is 0. The van der Waals surface area contributed by atoms with E-state index < -0.39 is 0 Å². The number of unbranched alkanes of at least 4 members (excludes halogenated alkanes) is 1. The van der Waals surface area contributed by atoms with Gasteiger partial charge in [0.1, 0.15) is 5.82 Å². The molecule has 1 aromatic heterocycles. The second kappa shape index (κ2) is 7.48. The van der Waals surface area contributed by atoms with Gasteiger partial charge in [0, 0.05) is 34.0 Å². The van der Waals surface area contributed by atoms with Crippen molar-refractivity contribution < 1.29 is 0 Å². The molecule has 1 heterocycles.